The largest absolute Gasteiger partial charge is 0.349 e. The van der Waals surface area contributed by atoms with Crippen molar-refractivity contribution in [1.82, 2.24) is 25.6 Å². The second kappa shape index (κ2) is 8.08. The van der Waals surface area contributed by atoms with E-state index in [2.05, 4.69) is 25.6 Å². The molecule has 0 spiro atoms. The number of hydrogen-bond acceptors (Lipinski definition) is 6. The van der Waals surface area contributed by atoms with Gasteiger partial charge in [0.1, 0.15) is 4.21 Å². The van der Waals surface area contributed by atoms with E-state index in [0.29, 0.717) is 12.2 Å². The van der Waals surface area contributed by atoms with Crippen molar-refractivity contribution in [3.05, 3.63) is 34.5 Å². The van der Waals surface area contributed by atoms with E-state index < -0.39 is 10.0 Å². The Kier molecular flexibility index (Phi) is 6.35. The Bertz CT molecular complexity index is 789. The molecule has 1 amide bonds. The maximum atomic E-state index is 12.1. The normalized spacial score (nSPS) is 13.8. The van der Waals surface area contributed by atoms with Gasteiger partial charge in [0.25, 0.3) is 5.91 Å². The van der Waals surface area contributed by atoms with Crippen molar-refractivity contribution < 1.29 is 13.2 Å². The molecule has 8 nitrogen and oxygen atoms in total. The van der Waals surface area contributed by atoms with Crippen LogP contribution in [0.3, 0.4) is 0 Å². The molecular weight excluding hydrogens is 374 g/mol. The van der Waals surface area contributed by atoms with E-state index in [1.54, 1.807) is 11.4 Å². The van der Waals surface area contributed by atoms with Crippen molar-refractivity contribution in [2.45, 2.75) is 17.2 Å². The predicted molar refractivity (Wildman–Crippen MR) is 93.1 cm³/mol. The van der Waals surface area contributed by atoms with Gasteiger partial charge < -0.3 is 10.6 Å². The first-order valence-corrected chi connectivity index (χ1v) is 9.52. The first-order valence-electron chi connectivity index (χ1n) is 7.16. The standard InChI is InChI=1S/C13H17N5O3S2.ClH/c19-13(12-9-8-14-4-3-10(9)17-18-12)15-5-6-16-23(20,21)11-2-1-7-22-11;/h1-2,7,14,16H,3-6,8H2,(H,15,19)(H,17,18);1H. The highest BCUT2D eigenvalue weighted by Crippen LogP contribution is 2.15. The fourth-order valence-electron chi connectivity index (χ4n) is 2.35. The molecule has 2 aromatic rings. The number of rotatable bonds is 6. The molecule has 0 fully saturated rings. The number of carbonyl (C=O) groups is 1. The Labute approximate surface area is 149 Å². The minimum atomic E-state index is -3.50. The van der Waals surface area contributed by atoms with Crippen LogP contribution in [-0.4, -0.2) is 44.2 Å². The van der Waals surface area contributed by atoms with E-state index >= 15 is 0 Å². The highest BCUT2D eigenvalue weighted by atomic mass is 35.5. The summed E-state index contributed by atoms with van der Waals surface area (Å²) in [5.41, 5.74) is 2.23. The highest BCUT2D eigenvalue weighted by Gasteiger charge is 2.21. The SMILES string of the molecule is Cl.O=C(NCCNS(=O)(=O)c1cccs1)c1n[nH]c2c1CNCC2. The number of carbonyl (C=O) groups excluding carboxylic acids is 1. The van der Waals surface area contributed by atoms with Crippen LogP contribution in [0.2, 0.25) is 0 Å². The first kappa shape index (κ1) is 18.9. The lowest BCUT2D eigenvalue weighted by molar-refractivity contribution is 0.0948. The number of aromatic nitrogens is 2. The number of amides is 1. The van der Waals surface area contributed by atoms with Gasteiger partial charge >= 0.3 is 0 Å². The van der Waals surface area contributed by atoms with E-state index in [-0.39, 0.29) is 35.6 Å². The molecule has 0 unspecified atom stereocenters. The Morgan fingerprint density at radius 3 is 2.96 bits per heavy atom. The van der Waals surface area contributed by atoms with Crippen LogP contribution in [0.1, 0.15) is 21.7 Å². The maximum Gasteiger partial charge on any atom is 0.272 e. The Morgan fingerprint density at radius 2 is 2.21 bits per heavy atom. The van der Waals surface area contributed by atoms with Gasteiger partial charge in [-0.1, -0.05) is 6.07 Å². The van der Waals surface area contributed by atoms with Crippen LogP contribution in [0.5, 0.6) is 0 Å². The third-order valence-corrected chi connectivity index (χ3v) is 6.34. The summed E-state index contributed by atoms with van der Waals surface area (Å²) in [6.45, 7) is 1.79. The lowest BCUT2D eigenvalue weighted by atomic mass is 10.1. The zero-order valence-corrected chi connectivity index (χ0v) is 15.1. The summed E-state index contributed by atoms with van der Waals surface area (Å²) >= 11 is 1.15. The Balaban J connectivity index is 0.00000208. The number of halogens is 1. The molecule has 1 aliphatic heterocycles. The lowest BCUT2D eigenvalue weighted by Crippen LogP contribution is -2.35. The highest BCUT2D eigenvalue weighted by molar-refractivity contribution is 7.91. The summed E-state index contributed by atoms with van der Waals surface area (Å²) in [5.74, 6) is -0.304. The molecular formula is C13H18ClN5O3S2. The van der Waals surface area contributed by atoms with Crippen molar-refractivity contribution in [2.75, 3.05) is 19.6 Å². The summed E-state index contributed by atoms with van der Waals surface area (Å²) in [7, 11) is -3.50. The molecule has 3 rings (SSSR count). The monoisotopic (exact) mass is 391 g/mol. The number of nitrogens with one attached hydrogen (secondary N) is 4. The number of aromatic amines is 1. The summed E-state index contributed by atoms with van der Waals surface area (Å²) in [4.78, 5) is 12.1. The minimum absolute atomic E-state index is 0. The average Bonchev–Trinajstić information content (AvgIpc) is 3.20. The molecule has 132 valence electrons. The van der Waals surface area contributed by atoms with Crippen molar-refractivity contribution in [3.63, 3.8) is 0 Å². The lowest BCUT2D eigenvalue weighted by Gasteiger charge is -2.12. The zero-order chi connectivity index (χ0) is 16.3. The molecule has 0 radical (unpaired) electrons. The van der Waals surface area contributed by atoms with Crippen LogP contribution >= 0.6 is 23.7 Å². The van der Waals surface area contributed by atoms with Crippen LogP contribution in [0.25, 0.3) is 0 Å². The van der Waals surface area contributed by atoms with Crippen molar-refractivity contribution in [2.24, 2.45) is 0 Å². The molecule has 1 aliphatic rings. The zero-order valence-electron chi connectivity index (χ0n) is 12.7. The molecule has 11 heteroatoms. The van der Waals surface area contributed by atoms with E-state index in [1.807, 2.05) is 0 Å². The fraction of sp³-hybridized carbons (Fsp3) is 0.385. The summed E-state index contributed by atoms with van der Waals surface area (Å²) < 4.78 is 26.6. The van der Waals surface area contributed by atoms with E-state index in [9.17, 15) is 13.2 Å². The van der Waals surface area contributed by atoms with Crippen LogP contribution in [-0.2, 0) is 23.0 Å². The van der Waals surface area contributed by atoms with Crippen LogP contribution in [0, 0.1) is 0 Å². The van der Waals surface area contributed by atoms with Crippen LogP contribution in [0.4, 0.5) is 0 Å². The second-order valence-corrected chi connectivity index (χ2v) is 7.98. The quantitative estimate of drug-likeness (QED) is 0.527. The van der Waals surface area contributed by atoms with Gasteiger partial charge in [0.15, 0.2) is 5.69 Å². The van der Waals surface area contributed by atoms with Crippen molar-refractivity contribution in [3.8, 4) is 0 Å². The van der Waals surface area contributed by atoms with E-state index in [1.165, 1.54) is 6.07 Å². The first-order chi connectivity index (χ1) is 11.1. The van der Waals surface area contributed by atoms with Gasteiger partial charge in [0.2, 0.25) is 10.0 Å². The van der Waals surface area contributed by atoms with Crippen LogP contribution < -0.4 is 15.4 Å². The molecule has 0 atom stereocenters. The Morgan fingerprint density at radius 1 is 1.38 bits per heavy atom. The van der Waals surface area contributed by atoms with Gasteiger partial charge in [-0.2, -0.15) is 5.10 Å². The molecule has 24 heavy (non-hydrogen) atoms. The van der Waals surface area contributed by atoms with Crippen molar-refractivity contribution >= 4 is 39.7 Å². The number of nitrogens with zero attached hydrogens (tertiary/aromatic N) is 1. The average molecular weight is 392 g/mol. The topological polar surface area (TPSA) is 116 Å². The second-order valence-electron chi connectivity index (χ2n) is 5.04. The number of H-pyrrole nitrogens is 1. The third kappa shape index (κ3) is 4.14. The smallest absolute Gasteiger partial charge is 0.272 e. The molecule has 0 aromatic carbocycles. The number of fused-ring (bicyclic) bond motifs is 1. The maximum absolute atomic E-state index is 12.1. The van der Waals surface area contributed by atoms with Gasteiger partial charge in [-0.15, -0.1) is 23.7 Å². The third-order valence-electron chi connectivity index (χ3n) is 3.48. The van der Waals surface area contributed by atoms with E-state index in [0.717, 1.165) is 35.6 Å². The van der Waals surface area contributed by atoms with Crippen LogP contribution in [0.15, 0.2) is 21.7 Å². The fourth-order valence-corrected chi connectivity index (χ4v) is 4.42. The van der Waals surface area contributed by atoms with Gasteiger partial charge in [0.05, 0.1) is 0 Å². The molecule has 2 aromatic heterocycles. The number of thiophene rings is 1. The molecule has 0 bridgehead atoms. The number of hydrogen-bond donors (Lipinski definition) is 4. The van der Waals surface area contributed by atoms with E-state index in [4.69, 9.17) is 0 Å². The molecule has 4 N–H and O–H groups in total. The predicted octanol–water partition coefficient (Wildman–Crippen LogP) is 0.247. The minimum Gasteiger partial charge on any atom is -0.349 e. The number of sulfonamides is 1. The van der Waals surface area contributed by atoms with Gasteiger partial charge in [-0.25, -0.2) is 13.1 Å². The molecule has 0 aliphatic carbocycles. The Hall–Kier alpha value is -1.46. The molecule has 0 saturated carbocycles. The molecule has 0 saturated heterocycles. The van der Waals surface area contributed by atoms with Gasteiger partial charge in [0, 0.05) is 43.9 Å². The summed E-state index contributed by atoms with van der Waals surface area (Å²) in [6, 6.07) is 3.21. The van der Waals surface area contributed by atoms with Gasteiger partial charge in [-0.05, 0) is 11.4 Å². The summed E-state index contributed by atoms with van der Waals surface area (Å²) in [5, 5.41) is 14.5. The van der Waals surface area contributed by atoms with Crippen molar-refractivity contribution in [1.29, 1.82) is 0 Å². The van der Waals surface area contributed by atoms with Gasteiger partial charge in [-0.3, -0.25) is 9.89 Å². The summed E-state index contributed by atoms with van der Waals surface area (Å²) in [6.07, 6.45) is 0.816. The molecule has 3 heterocycles.